The van der Waals surface area contributed by atoms with Crippen LogP contribution in [0.1, 0.15) is 52.9 Å². The van der Waals surface area contributed by atoms with Crippen LogP contribution in [0.5, 0.6) is 0 Å². The molecule has 0 aromatic heterocycles. The van der Waals surface area contributed by atoms with Crippen molar-refractivity contribution >= 4 is 21.8 Å². The lowest BCUT2D eigenvalue weighted by Gasteiger charge is -2.35. The normalized spacial score (nSPS) is 26.9. The lowest BCUT2D eigenvalue weighted by molar-refractivity contribution is -0.132. The highest BCUT2D eigenvalue weighted by atomic mass is 79.9. The van der Waals surface area contributed by atoms with Gasteiger partial charge in [0.2, 0.25) is 5.91 Å². The highest BCUT2D eigenvalue weighted by Gasteiger charge is 2.29. The predicted molar refractivity (Wildman–Crippen MR) is 76.4 cm³/mol. The summed E-state index contributed by atoms with van der Waals surface area (Å²) in [6.07, 6.45) is 6.22. The second-order valence-corrected chi connectivity index (χ2v) is 6.66. The van der Waals surface area contributed by atoms with Crippen LogP contribution >= 0.6 is 15.9 Å². The van der Waals surface area contributed by atoms with Gasteiger partial charge in [0.15, 0.2) is 0 Å². The first-order valence-electron chi connectivity index (χ1n) is 6.88. The van der Waals surface area contributed by atoms with Crippen molar-refractivity contribution in [3.63, 3.8) is 0 Å². The number of carbonyl (C=O) groups excluding carboxylic acids is 1. The standard InChI is InChI=1S/C14H26BrNO/c1-5-11-6-8-12(9-7-11)16(4)14(17)13(15)10(2)3/h10-13H,5-9H2,1-4H3. The minimum atomic E-state index is -0.0311. The van der Waals surface area contributed by atoms with Crippen LogP contribution in [0.25, 0.3) is 0 Å². The number of nitrogens with zero attached hydrogens (tertiary/aromatic N) is 1. The molecule has 17 heavy (non-hydrogen) atoms. The molecule has 0 aromatic rings. The quantitative estimate of drug-likeness (QED) is 0.723. The van der Waals surface area contributed by atoms with E-state index in [0.29, 0.717) is 12.0 Å². The van der Waals surface area contributed by atoms with Crippen molar-refractivity contribution in [2.75, 3.05) is 7.05 Å². The molecule has 0 N–H and O–H groups in total. The average molecular weight is 304 g/mol. The Morgan fingerprint density at radius 1 is 1.29 bits per heavy atom. The van der Waals surface area contributed by atoms with E-state index in [-0.39, 0.29) is 10.7 Å². The van der Waals surface area contributed by atoms with E-state index in [4.69, 9.17) is 0 Å². The van der Waals surface area contributed by atoms with Gasteiger partial charge in [-0.05, 0) is 37.5 Å². The Hall–Kier alpha value is -0.0500. The molecule has 3 heteroatoms. The van der Waals surface area contributed by atoms with Gasteiger partial charge in [0.1, 0.15) is 0 Å². The van der Waals surface area contributed by atoms with Crippen molar-refractivity contribution in [3.05, 3.63) is 0 Å². The molecule has 1 fully saturated rings. The summed E-state index contributed by atoms with van der Waals surface area (Å²) >= 11 is 3.51. The number of rotatable bonds is 4. The van der Waals surface area contributed by atoms with E-state index in [1.54, 1.807) is 0 Å². The van der Waals surface area contributed by atoms with Crippen molar-refractivity contribution in [1.82, 2.24) is 4.90 Å². The molecule has 0 aromatic carbocycles. The van der Waals surface area contributed by atoms with Crippen LogP contribution in [-0.2, 0) is 4.79 Å². The summed E-state index contributed by atoms with van der Waals surface area (Å²) < 4.78 is 0. The Kier molecular flexibility index (Phi) is 5.98. The largest absolute Gasteiger partial charge is 0.342 e. The fraction of sp³-hybridized carbons (Fsp3) is 0.929. The molecule has 0 bridgehead atoms. The third-order valence-electron chi connectivity index (χ3n) is 4.11. The first-order valence-corrected chi connectivity index (χ1v) is 7.79. The second-order valence-electron chi connectivity index (χ2n) is 5.68. The minimum absolute atomic E-state index is 0.0311. The zero-order valence-corrected chi connectivity index (χ0v) is 13.2. The zero-order valence-electron chi connectivity index (χ0n) is 11.6. The van der Waals surface area contributed by atoms with Gasteiger partial charge < -0.3 is 4.90 Å². The van der Waals surface area contributed by atoms with Gasteiger partial charge in [-0.25, -0.2) is 0 Å². The number of amides is 1. The van der Waals surface area contributed by atoms with Crippen LogP contribution in [0.2, 0.25) is 0 Å². The lowest BCUT2D eigenvalue weighted by Crippen LogP contribution is -2.44. The van der Waals surface area contributed by atoms with Crippen molar-refractivity contribution in [2.24, 2.45) is 11.8 Å². The molecular weight excluding hydrogens is 278 g/mol. The van der Waals surface area contributed by atoms with Crippen LogP contribution in [0.15, 0.2) is 0 Å². The van der Waals surface area contributed by atoms with Gasteiger partial charge in [-0.15, -0.1) is 0 Å². The summed E-state index contributed by atoms with van der Waals surface area (Å²) in [6, 6.07) is 0.462. The summed E-state index contributed by atoms with van der Waals surface area (Å²) in [5.41, 5.74) is 0. The molecule has 0 radical (unpaired) electrons. The SMILES string of the molecule is CCC1CCC(N(C)C(=O)C(Br)C(C)C)CC1. The smallest absolute Gasteiger partial charge is 0.236 e. The molecular formula is C14H26BrNO. The molecule has 1 atom stereocenters. The number of alkyl halides is 1. The van der Waals surface area contributed by atoms with Gasteiger partial charge in [-0.2, -0.15) is 0 Å². The van der Waals surface area contributed by atoms with Crippen molar-refractivity contribution in [1.29, 1.82) is 0 Å². The Morgan fingerprint density at radius 3 is 2.24 bits per heavy atom. The van der Waals surface area contributed by atoms with Gasteiger partial charge in [-0.3, -0.25) is 4.79 Å². The molecule has 0 heterocycles. The maximum atomic E-state index is 12.2. The third kappa shape index (κ3) is 3.97. The van der Waals surface area contributed by atoms with Crippen molar-refractivity contribution < 1.29 is 4.79 Å². The fourth-order valence-electron chi connectivity index (χ4n) is 2.60. The van der Waals surface area contributed by atoms with Gasteiger partial charge in [0.25, 0.3) is 0 Å². The molecule has 1 amide bonds. The van der Waals surface area contributed by atoms with Crippen LogP contribution < -0.4 is 0 Å². The molecule has 1 rings (SSSR count). The second kappa shape index (κ2) is 6.77. The zero-order chi connectivity index (χ0) is 13.0. The number of carbonyl (C=O) groups is 1. The average Bonchev–Trinajstić information content (AvgIpc) is 2.36. The van der Waals surface area contributed by atoms with Crippen LogP contribution in [0.4, 0.5) is 0 Å². The summed E-state index contributed by atoms with van der Waals surface area (Å²) in [4.78, 5) is 14.2. The lowest BCUT2D eigenvalue weighted by atomic mass is 9.84. The molecule has 1 aliphatic carbocycles. The molecule has 1 saturated carbocycles. The van der Waals surface area contributed by atoms with Gasteiger partial charge in [-0.1, -0.05) is 43.1 Å². The Balaban J connectivity index is 2.48. The van der Waals surface area contributed by atoms with Crippen LogP contribution in [0.3, 0.4) is 0 Å². The van der Waals surface area contributed by atoms with E-state index in [0.717, 1.165) is 5.92 Å². The highest BCUT2D eigenvalue weighted by molar-refractivity contribution is 9.10. The topological polar surface area (TPSA) is 20.3 Å². The summed E-state index contributed by atoms with van der Waals surface area (Å²) in [7, 11) is 1.97. The molecule has 100 valence electrons. The Labute approximate surface area is 114 Å². The van der Waals surface area contributed by atoms with Crippen LogP contribution in [0, 0.1) is 11.8 Å². The summed E-state index contributed by atoms with van der Waals surface area (Å²) in [6.45, 7) is 6.44. The molecule has 0 spiro atoms. The molecule has 0 aliphatic heterocycles. The van der Waals surface area contributed by atoms with Crippen molar-refractivity contribution in [3.8, 4) is 0 Å². The monoisotopic (exact) mass is 303 g/mol. The fourth-order valence-corrected chi connectivity index (χ4v) is 2.92. The summed E-state index contributed by atoms with van der Waals surface area (Å²) in [5.74, 6) is 1.50. The summed E-state index contributed by atoms with van der Waals surface area (Å²) in [5, 5.41) is 0. The van der Waals surface area contributed by atoms with Gasteiger partial charge in [0.05, 0.1) is 4.83 Å². The third-order valence-corrected chi connectivity index (χ3v) is 5.56. The van der Waals surface area contributed by atoms with Gasteiger partial charge >= 0.3 is 0 Å². The molecule has 2 nitrogen and oxygen atoms in total. The van der Waals surface area contributed by atoms with E-state index in [1.807, 2.05) is 11.9 Å². The number of hydrogen-bond donors (Lipinski definition) is 0. The number of halogens is 1. The predicted octanol–water partition coefficient (Wildman–Crippen LogP) is 3.83. The van der Waals surface area contributed by atoms with E-state index in [1.165, 1.54) is 32.1 Å². The molecule has 1 unspecified atom stereocenters. The van der Waals surface area contributed by atoms with Crippen LogP contribution in [-0.4, -0.2) is 28.7 Å². The molecule has 0 saturated heterocycles. The first-order chi connectivity index (χ1) is 7.97. The van der Waals surface area contributed by atoms with Gasteiger partial charge in [0, 0.05) is 13.1 Å². The van der Waals surface area contributed by atoms with E-state index >= 15 is 0 Å². The number of hydrogen-bond acceptors (Lipinski definition) is 1. The Bertz CT molecular complexity index is 247. The van der Waals surface area contributed by atoms with E-state index in [2.05, 4.69) is 36.7 Å². The minimum Gasteiger partial charge on any atom is -0.342 e. The van der Waals surface area contributed by atoms with E-state index < -0.39 is 0 Å². The maximum Gasteiger partial charge on any atom is 0.236 e. The highest BCUT2D eigenvalue weighted by Crippen LogP contribution is 2.30. The first kappa shape index (κ1) is 15.0. The molecule has 1 aliphatic rings. The maximum absolute atomic E-state index is 12.2. The van der Waals surface area contributed by atoms with Crippen molar-refractivity contribution in [2.45, 2.75) is 63.7 Å². The van der Waals surface area contributed by atoms with E-state index in [9.17, 15) is 4.79 Å². The Morgan fingerprint density at radius 2 is 1.82 bits per heavy atom.